The Morgan fingerprint density at radius 2 is 2.38 bits per heavy atom. The third-order valence-electron chi connectivity index (χ3n) is 1.36. The molecule has 1 rings (SSSR count). The average molecular weight is 266 g/mol. The van der Waals surface area contributed by atoms with Crippen LogP contribution in [-0.4, -0.2) is 18.1 Å². The molecule has 0 aliphatic heterocycles. The second-order valence-electron chi connectivity index (χ2n) is 2.43. The van der Waals surface area contributed by atoms with Crippen LogP contribution in [-0.2, 0) is 0 Å². The molecular weight excluding hydrogens is 255 g/mol. The van der Waals surface area contributed by atoms with Gasteiger partial charge in [-0.1, -0.05) is 11.6 Å². The topological polar surface area (TPSA) is 48.1 Å². The molecule has 3 nitrogen and oxygen atoms in total. The van der Waals surface area contributed by atoms with Gasteiger partial charge in [0, 0.05) is 10.7 Å². The van der Waals surface area contributed by atoms with Gasteiger partial charge in [-0.3, -0.25) is 0 Å². The molecule has 5 heteroatoms. The number of nitrogens with two attached hydrogens (primary N) is 1. The summed E-state index contributed by atoms with van der Waals surface area (Å²) in [7, 11) is 0. The SMILES string of the molecule is NCCCOc1ncc(Br)cc1Cl. The van der Waals surface area contributed by atoms with Crippen molar-refractivity contribution in [3.05, 3.63) is 21.8 Å². The zero-order valence-electron chi connectivity index (χ0n) is 6.96. The van der Waals surface area contributed by atoms with E-state index in [1.807, 2.05) is 0 Å². The fourth-order valence-electron chi connectivity index (χ4n) is 0.760. The van der Waals surface area contributed by atoms with E-state index >= 15 is 0 Å². The summed E-state index contributed by atoms with van der Waals surface area (Å²) in [5.74, 6) is 0.457. The summed E-state index contributed by atoms with van der Waals surface area (Å²) in [5.41, 5.74) is 5.31. The summed E-state index contributed by atoms with van der Waals surface area (Å²) in [6.07, 6.45) is 2.44. The lowest BCUT2D eigenvalue weighted by atomic mass is 10.4. The second-order valence-corrected chi connectivity index (χ2v) is 3.75. The maximum absolute atomic E-state index is 5.86. The molecule has 0 saturated heterocycles. The first-order valence-electron chi connectivity index (χ1n) is 3.88. The first-order valence-corrected chi connectivity index (χ1v) is 5.05. The summed E-state index contributed by atoms with van der Waals surface area (Å²) < 4.78 is 6.13. The summed E-state index contributed by atoms with van der Waals surface area (Å²) >= 11 is 9.12. The van der Waals surface area contributed by atoms with Crippen LogP contribution in [0.4, 0.5) is 0 Å². The van der Waals surface area contributed by atoms with Crippen LogP contribution in [0.1, 0.15) is 6.42 Å². The van der Waals surface area contributed by atoms with E-state index in [0.717, 1.165) is 10.9 Å². The van der Waals surface area contributed by atoms with Crippen LogP contribution < -0.4 is 10.5 Å². The van der Waals surface area contributed by atoms with Crippen molar-refractivity contribution in [2.45, 2.75) is 6.42 Å². The van der Waals surface area contributed by atoms with Crippen LogP contribution in [0.25, 0.3) is 0 Å². The Balaban J connectivity index is 2.56. The molecule has 0 saturated carbocycles. The van der Waals surface area contributed by atoms with Gasteiger partial charge in [0.05, 0.1) is 6.61 Å². The second kappa shape index (κ2) is 5.42. The van der Waals surface area contributed by atoms with Crippen molar-refractivity contribution in [2.24, 2.45) is 5.73 Å². The van der Waals surface area contributed by atoms with Crippen molar-refractivity contribution < 1.29 is 4.74 Å². The molecule has 2 N–H and O–H groups in total. The van der Waals surface area contributed by atoms with Crippen LogP contribution in [0.2, 0.25) is 5.02 Å². The molecule has 0 aliphatic rings. The highest BCUT2D eigenvalue weighted by molar-refractivity contribution is 9.10. The van der Waals surface area contributed by atoms with Crippen molar-refractivity contribution in [1.82, 2.24) is 4.98 Å². The Morgan fingerprint density at radius 1 is 1.62 bits per heavy atom. The third kappa shape index (κ3) is 3.50. The number of halogens is 2. The number of hydrogen-bond donors (Lipinski definition) is 1. The molecule has 0 unspecified atom stereocenters. The standard InChI is InChI=1S/C8H10BrClN2O/c9-6-4-7(10)8(12-5-6)13-3-1-2-11/h4-5H,1-3,11H2. The Morgan fingerprint density at radius 3 is 3.00 bits per heavy atom. The van der Waals surface area contributed by atoms with Gasteiger partial charge in [0.25, 0.3) is 0 Å². The highest BCUT2D eigenvalue weighted by Crippen LogP contribution is 2.24. The number of pyridine rings is 1. The van der Waals surface area contributed by atoms with Gasteiger partial charge < -0.3 is 10.5 Å². The van der Waals surface area contributed by atoms with Gasteiger partial charge in [0.1, 0.15) is 5.02 Å². The van der Waals surface area contributed by atoms with Crippen molar-refractivity contribution >= 4 is 27.5 Å². The van der Waals surface area contributed by atoms with Crippen molar-refractivity contribution in [3.8, 4) is 5.88 Å². The van der Waals surface area contributed by atoms with Gasteiger partial charge in [-0.25, -0.2) is 4.98 Å². The zero-order valence-corrected chi connectivity index (χ0v) is 9.31. The van der Waals surface area contributed by atoms with Gasteiger partial charge >= 0.3 is 0 Å². The Hall–Kier alpha value is -0.320. The molecule has 0 aliphatic carbocycles. The van der Waals surface area contributed by atoms with E-state index in [1.165, 1.54) is 0 Å². The monoisotopic (exact) mass is 264 g/mol. The van der Waals surface area contributed by atoms with E-state index in [-0.39, 0.29) is 0 Å². The maximum Gasteiger partial charge on any atom is 0.232 e. The molecular formula is C8H10BrClN2O. The van der Waals surface area contributed by atoms with E-state index in [1.54, 1.807) is 12.3 Å². The van der Waals surface area contributed by atoms with E-state index in [0.29, 0.717) is 24.1 Å². The minimum Gasteiger partial charge on any atom is -0.477 e. The van der Waals surface area contributed by atoms with Gasteiger partial charge in [0.15, 0.2) is 0 Å². The van der Waals surface area contributed by atoms with Crippen LogP contribution in [0.5, 0.6) is 5.88 Å². The molecule has 72 valence electrons. The Bertz CT molecular complexity index is 283. The van der Waals surface area contributed by atoms with Gasteiger partial charge in [-0.15, -0.1) is 0 Å². The third-order valence-corrected chi connectivity index (χ3v) is 2.07. The Labute approximate surface area is 90.4 Å². The lowest BCUT2D eigenvalue weighted by molar-refractivity contribution is 0.301. The van der Waals surface area contributed by atoms with Crippen LogP contribution in [0.3, 0.4) is 0 Å². The van der Waals surface area contributed by atoms with Gasteiger partial charge in [0.2, 0.25) is 5.88 Å². The summed E-state index contributed by atoms with van der Waals surface area (Å²) in [4.78, 5) is 4.01. The Kier molecular flexibility index (Phi) is 4.48. The highest BCUT2D eigenvalue weighted by Gasteiger charge is 2.02. The fourth-order valence-corrected chi connectivity index (χ4v) is 1.44. The fraction of sp³-hybridized carbons (Fsp3) is 0.375. The molecule has 0 atom stereocenters. The normalized spacial score (nSPS) is 10.1. The lowest BCUT2D eigenvalue weighted by Crippen LogP contribution is -2.06. The molecule has 13 heavy (non-hydrogen) atoms. The summed E-state index contributed by atoms with van der Waals surface area (Å²) in [6.45, 7) is 1.15. The van der Waals surface area contributed by atoms with Crippen LogP contribution >= 0.6 is 27.5 Å². The van der Waals surface area contributed by atoms with E-state index < -0.39 is 0 Å². The molecule has 1 aromatic heterocycles. The van der Waals surface area contributed by atoms with Crippen LogP contribution in [0.15, 0.2) is 16.7 Å². The van der Waals surface area contributed by atoms with Crippen molar-refractivity contribution in [1.29, 1.82) is 0 Å². The average Bonchev–Trinajstić information content (AvgIpc) is 2.09. The molecule has 0 fully saturated rings. The van der Waals surface area contributed by atoms with Crippen molar-refractivity contribution in [3.63, 3.8) is 0 Å². The number of nitrogens with zero attached hydrogens (tertiary/aromatic N) is 1. The predicted octanol–water partition coefficient (Wildman–Crippen LogP) is 2.23. The van der Waals surface area contributed by atoms with E-state index in [9.17, 15) is 0 Å². The maximum atomic E-state index is 5.86. The number of ether oxygens (including phenoxy) is 1. The summed E-state index contributed by atoms with van der Waals surface area (Å²) in [6, 6.07) is 1.74. The molecule has 0 aromatic carbocycles. The quantitative estimate of drug-likeness (QED) is 0.849. The minimum absolute atomic E-state index is 0.457. The molecule has 0 spiro atoms. The smallest absolute Gasteiger partial charge is 0.232 e. The number of rotatable bonds is 4. The van der Waals surface area contributed by atoms with Gasteiger partial charge in [-0.05, 0) is 35.0 Å². The first-order chi connectivity index (χ1) is 6.24. The van der Waals surface area contributed by atoms with E-state index in [4.69, 9.17) is 22.1 Å². The van der Waals surface area contributed by atoms with Crippen LogP contribution in [0, 0.1) is 0 Å². The molecule has 0 amide bonds. The predicted molar refractivity (Wildman–Crippen MR) is 56.1 cm³/mol. The first kappa shape index (κ1) is 10.8. The summed E-state index contributed by atoms with van der Waals surface area (Å²) in [5, 5.41) is 0.506. The number of hydrogen-bond acceptors (Lipinski definition) is 3. The number of aromatic nitrogens is 1. The molecule has 0 radical (unpaired) electrons. The largest absolute Gasteiger partial charge is 0.477 e. The molecule has 0 bridgehead atoms. The lowest BCUT2D eigenvalue weighted by Gasteiger charge is -2.05. The molecule has 1 heterocycles. The van der Waals surface area contributed by atoms with E-state index in [2.05, 4.69) is 20.9 Å². The van der Waals surface area contributed by atoms with Gasteiger partial charge in [-0.2, -0.15) is 0 Å². The zero-order chi connectivity index (χ0) is 9.68. The highest BCUT2D eigenvalue weighted by atomic mass is 79.9. The minimum atomic E-state index is 0.457. The molecule has 1 aromatic rings. The van der Waals surface area contributed by atoms with Crippen molar-refractivity contribution in [2.75, 3.05) is 13.2 Å².